The molecule has 2 unspecified atom stereocenters. The highest BCUT2D eigenvalue weighted by Gasteiger charge is 2.44. The van der Waals surface area contributed by atoms with Gasteiger partial charge in [0, 0.05) is 12.4 Å². The van der Waals surface area contributed by atoms with Gasteiger partial charge in [0.2, 0.25) is 0 Å². The van der Waals surface area contributed by atoms with Crippen molar-refractivity contribution in [1.82, 2.24) is 9.38 Å². The van der Waals surface area contributed by atoms with Gasteiger partial charge in [-0.2, -0.15) is 0 Å². The maximum atomic E-state index is 10.9. The van der Waals surface area contributed by atoms with Crippen LogP contribution in [0.1, 0.15) is 17.9 Å². The zero-order valence-corrected chi connectivity index (χ0v) is 10.2. The number of imidazole rings is 1. The highest BCUT2D eigenvalue weighted by Crippen LogP contribution is 2.48. The van der Waals surface area contributed by atoms with Crippen LogP contribution in [0.4, 0.5) is 0 Å². The molecule has 1 aliphatic carbocycles. The Hall–Kier alpha value is -1.88. The Balaban J connectivity index is 1.82. The number of thiazole rings is 1. The first kappa shape index (κ1) is 10.1. The quantitative estimate of drug-likeness (QED) is 0.769. The summed E-state index contributed by atoms with van der Waals surface area (Å²) in [5, 5.41) is 8.97. The van der Waals surface area contributed by atoms with Crippen molar-refractivity contribution in [3.63, 3.8) is 0 Å². The highest BCUT2D eigenvalue weighted by atomic mass is 32.1. The largest absolute Gasteiger partial charge is 0.481 e. The summed E-state index contributed by atoms with van der Waals surface area (Å²) in [5.41, 5.74) is 2.28. The Bertz CT molecular complexity index is 774. The predicted molar refractivity (Wildman–Crippen MR) is 69.1 cm³/mol. The Kier molecular flexibility index (Phi) is 1.86. The van der Waals surface area contributed by atoms with E-state index in [1.165, 1.54) is 4.70 Å². The third kappa shape index (κ3) is 1.31. The number of rotatable bonds is 2. The summed E-state index contributed by atoms with van der Waals surface area (Å²) in [7, 11) is 0. The topological polar surface area (TPSA) is 54.6 Å². The Labute approximate surface area is 107 Å². The number of nitrogens with zero attached hydrogens (tertiary/aromatic N) is 2. The summed E-state index contributed by atoms with van der Waals surface area (Å²) in [4.78, 5) is 16.2. The van der Waals surface area contributed by atoms with Crippen LogP contribution in [0.15, 0.2) is 30.6 Å². The molecule has 1 fully saturated rings. The Morgan fingerprint density at radius 3 is 3.17 bits per heavy atom. The van der Waals surface area contributed by atoms with E-state index in [2.05, 4.69) is 21.5 Å². The van der Waals surface area contributed by atoms with Crippen LogP contribution in [0.5, 0.6) is 0 Å². The van der Waals surface area contributed by atoms with E-state index in [1.807, 2.05) is 12.3 Å². The summed E-state index contributed by atoms with van der Waals surface area (Å²) in [5.74, 6) is -0.672. The summed E-state index contributed by atoms with van der Waals surface area (Å²) >= 11 is 1.64. The Morgan fingerprint density at radius 2 is 2.39 bits per heavy atom. The third-order valence-corrected chi connectivity index (χ3v) is 4.62. The SMILES string of the molecule is O=C(O)C1CC1c1ccc2c(c1)sc1nccn12. The summed E-state index contributed by atoms with van der Waals surface area (Å²) in [6.45, 7) is 0. The minimum Gasteiger partial charge on any atom is -0.481 e. The van der Waals surface area contributed by atoms with Crippen molar-refractivity contribution < 1.29 is 9.90 Å². The van der Waals surface area contributed by atoms with Crippen molar-refractivity contribution in [3.8, 4) is 0 Å². The van der Waals surface area contributed by atoms with Crippen LogP contribution in [0.25, 0.3) is 15.2 Å². The molecule has 0 aliphatic heterocycles. The van der Waals surface area contributed by atoms with Gasteiger partial charge in [-0.05, 0) is 30.0 Å². The fourth-order valence-electron chi connectivity index (χ4n) is 2.53. The molecule has 2 heterocycles. The van der Waals surface area contributed by atoms with Crippen molar-refractivity contribution >= 4 is 32.5 Å². The van der Waals surface area contributed by atoms with Gasteiger partial charge < -0.3 is 5.11 Å². The fourth-order valence-corrected chi connectivity index (χ4v) is 3.56. The van der Waals surface area contributed by atoms with E-state index in [0.29, 0.717) is 0 Å². The maximum Gasteiger partial charge on any atom is 0.307 e. The molecule has 0 amide bonds. The van der Waals surface area contributed by atoms with E-state index in [4.69, 9.17) is 5.11 Å². The molecule has 0 radical (unpaired) electrons. The van der Waals surface area contributed by atoms with Gasteiger partial charge in [-0.15, -0.1) is 0 Å². The molecule has 4 nitrogen and oxygen atoms in total. The van der Waals surface area contributed by atoms with Crippen LogP contribution in [-0.2, 0) is 4.79 Å². The smallest absolute Gasteiger partial charge is 0.307 e. The highest BCUT2D eigenvalue weighted by molar-refractivity contribution is 7.23. The van der Waals surface area contributed by atoms with Gasteiger partial charge >= 0.3 is 5.97 Å². The first-order chi connectivity index (χ1) is 8.74. The van der Waals surface area contributed by atoms with E-state index >= 15 is 0 Å². The van der Waals surface area contributed by atoms with E-state index in [1.54, 1.807) is 17.5 Å². The molecule has 0 spiro atoms. The van der Waals surface area contributed by atoms with E-state index in [9.17, 15) is 4.79 Å². The van der Waals surface area contributed by atoms with Crippen molar-refractivity contribution in [2.24, 2.45) is 5.92 Å². The molecule has 1 aliphatic rings. The molecule has 1 aromatic carbocycles. The average molecular weight is 258 g/mol. The number of aromatic nitrogens is 2. The first-order valence-electron chi connectivity index (χ1n) is 5.82. The normalized spacial score (nSPS) is 22.7. The van der Waals surface area contributed by atoms with Gasteiger partial charge in [-0.25, -0.2) is 4.98 Å². The minimum absolute atomic E-state index is 0.188. The maximum absolute atomic E-state index is 10.9. The average Bonchev–Trinajstić information content (AvgIpc) is 2.91. The third-order valence-electron chi connectivity index (χ3n) is 3.59. The number of carbonyl (C=O) groups is 1. The second kappa shape index (κ2) is 3.32. The molecular formula is C13H10N2O2S. The molecule has 4 rings (SSSR count). The van der Waals surface area contributed by atoms with Crippen LogP contribution in [-0.4, -0.2) is 20.5 Å². The number of carboxylic acid groups (broad SMARTS) is 1. The summed E-state index contributed by atoms with van der Waals surface area (Å²) < 4.78 is 3.23. The molecule has 1 saturated carbocycles. The molecule has 0 saturated heterocycles. The van der Waals surface area contributed by atoms with Crippen LogP contribution < -0.4 is 0 Å². The van der Waals surface area contributed by atoms with Crippen molar-refractivity contribution in [2.75, 3.05) is 0 Å². The minimum atomic E-state index is -0.680. The van der Waals surface area contributed by atoms with Crippen molar-refractivity contribution in [1.29, 1.82) is 0 Å². The number of hydrogen-bond donors (Lipinski definition) is 1. The summed E-state index contributed by atoms with van der Waals surface area (Å²) in [6, 6.07) is 6.22. The van der Waals surface area contributed by atoms with E-state index in [0.717, 1.165) is 22.5 Å². The molecule has 18 heavy (non-hydrogen) atoms. The second-order valence-corrected chi connectivity index (χ2v) is 5.71. The van der Waals surface area contributed by atoms with Crippen LogP contribution in [0, 0.1) is 5.92 Å². The standard InChI is InChI=1S/C13H10N2O2S/c16-12(17)9-6-8(9)7-1-2-10-11(5-7)18-13-14-3-4-15(10)13/h1-5,8-9H,6H2,(H,16,17). The Morgan fingerprint density at radius 1 is 1.50 bits per heavy atom. The second-order valence-electron chi connectivity index (χ2n) is 4.70. The lowest BCUT2D eigenvalue weighted by atomic mass is 10.1. The first-order valence-corrected chi connectivity index (χ1v) is 6.64. The lowest BCUT2D eigenvalue weighted by Gasteiger charge is -1.99. The number of fused-ring (bicyclic) bond motifs is 3. The van der Waals surface area contributed by atoms with Gasteiger partial charge in [0.25, 0.3) is 0 Å². The lowest BCUT2D eigenvalue weighted by Crippen LogP contribution is -1.98. The molecule has 0 bridgehead atoms. The molecule has 2 atom stereocenters. The molecule has 1 N–H and O–H groups in total. The van der Waals surface area contributed by atoms with Crippen molar-refractivity contribution in [3.05, 3.63) is 36.2 Å². The number of aliphatic carboxylic acids is 1. The zero-order valence-electron chi connectivity index (χ0n) is 9.41. The fraction of sp³-hybridized carbons (Fsp3) is 0.231. The monoisotopic (exact) mass is 258 g/mol. The molecule has 90 valence electrons. The number of hydrogen-bond acceptors (Lipinski definition) is 3. The molecule has 2 aromatic heterocycles. The van der Waals surface area contributed by atoms with Crippen LogP contribution in [0.2, 0.25) is 0 Å². The predicted octanol–water partition coefficient (Wildman–Crippen LogP) is 2.74. The van der Waals surface area contributed by atoms with E-state index < -0.39 is 5.97 Å². The molecule has 5 heteroatoms. The lowest BCUT2D eigenvalue weighted by molar-refractivity contribution is -0.138. The van der Waals surface area contributed by atoms with Gasteiger partial charge in [-0.3, -0.25) is 9.20 Å². The van der Waals surface area contributed by atoms with Gasteiger partial charge in [0.1, 0.15) is 0 Å². The molecular weight excluding hydrogens is 248 g/mol. The van der Waals surface area contributed by atoms with Gasteiger partial charge in [0.15, 0.2) is 4.96 Å². The van der Waals surface area contributed by atoms with Gasteiger partial charge in [-0.1, -0.05) is 17.4 Å². The number of benzene rings is 1. The van der Waals surface area contributed by atoms with Crippen molar-refractivity contribution in [2.45, 2.75) is 12.3 Å². The van der Waals surface area contributed by atoms with Gasteiger partial charge in [0.05, 0.1) is 16.1 Å². The number of carboxylic acids is 1. The van der Waals surface area contributed by atoms with E-state index in [-0.39, 0.29) is 11.8 Å². The molecule has 3 aromatic rings. The van der Waals surface area contributed by atoms with Crippen LogP contribution >= 0.6 is 11.3 Å². The zero-order chi connectivity index (χ0) is 12.3. The van der Waals surface area contributed by atoms with Crippen LogP contribution in [0.3, 0.4) is 0 Å². The summed E-state index contributed by atoms with van der Waals surface area (Å²) in [6.07, 6.45) is 4.51.